The number of benzene rings is 2. The lowest BCUT2D eigenvalue weighted by Gasteiger charge is -2.07. The summed E-state index contributed by atoms with van der Waals surface area (Å²) in [5.74, 6) is -0.547. The van der Waals surface area contributed by atoms with E-state index in [9.17, 15) is 9.59 Å². The van der Waals surface area contributed by atoms with E-state index in [1.165, 1.54) is 0 Å². The predicted molar refractivity (Wildman–Crippen MR) is 82.6 cm³/mol. The lowest BCUT2D eigenvalue weighted by atomic mass is 10.2. The number of urea groups is 1. The minimum atomic E-state index is -0.588. The van der Waals surface area contributed by atoms with E-state index in [1.54, 1.807) is 48.5 Å². The number of rotatable bonds is 3. The molecule has 0 unspecified atom stereocenters. The molecule has 0 heterocycles. The number of nitrogens with one attached hydrogen (secondary N) is 2. The predicted octanol–water partition coefficient (Wildman–Crippen LogP) is 3.63. The molecule has 2 N–H and O–H groups in total. The van der Waals surface area contributed by atoms with Gasteiger partial charge in [0.15, 0.2) is 0 Å². The molecule has 6 heteroatoms. The second-order valence-electron chi connectivity index (χ2n) is 4.24. The molecule has 0 atom stereocenters. The molecule has 21 heavy (non-hydrogen) atoms. The number of hydrogen-bond acceptors (Lipinski definition) is 2. The number of carbonyl (C=O) groups is 2. The molecule has 0 saturated carbocycles. The quantitative estimate of drug-likeness (QED) is 0.906. The van der Waals surface area contributed by atoms with Crippen LogP contribution in [-0.4, -0.2) is 11.9 Å². The fourth-order valence-corrected chi connectivity index (χ4v) is 1.99. The van der Waals surface area contributed by atoms with Gasteiger partial charge in [-0.25, -0.2) is 4.79 Å². The Morgan fingerprint density at radius 1 is 0.952 bits per heavy atom. The van der Waals surface area contributed by atoms with Gasteiger partial charge in [0, 0.05) is 11.6 Å². The molecule has 2 rings (SSSR count). The highest BCUT2D eigenvalue weighted by Gasteiger charge is 2.12. The summed E-state index contributed by atoms with van der Waals surface area (Å²) in [6, 6.07) is 13.0. The van der Waals surface area contributed by atoms with E-state index in [-0.39, 0.29) is 5.56 Å². The van der Waals surface area contributed by atoms with E-state index in [0.29, 0.717) is 16.6 Å². The van der Waals surface area contributed by atoms with Crippen LogP contribution in [0.4, 0.5) is 4.79 Å². The number of carbonyl (C=O) groups excluding carboxylic acids is 2. The highest BCUT2D eigenvalue weighted by molar-refractivity contribution is 6.34. The Morgan fingerprint density at radius 3 is 2.29 bits per heavy atom. The number of imide groups is 1. The Balaban J connectivity index is 1.89. The van der Waals surface area contributed by atoms with Crippen molar-refractivity contribution in [1.29, 1.82) is 0 Å². The number of amides is 3. The first-order valence-electron chi connectivity index (χ1n) is 6.14. The van der Waals surface area contributed by atoms with Gasteiger partial charge in [0.25, 0.3) is 5.91 Å². The Bertz CT molecular complexity index is 657. The largest absolute Gasteiger partial charge is 0.334 e. The van der Waals surface area contributed by atoms with Crippen LogP contribution in [0.5, 0.6) is 0 Å². The molecule has 0 radical (unpaired) electrons. The van der Waals surface area contributed by atoms with Gasteiger partial charge in [-0.05, 0) is 29.8 Å². The van der Waals surface area contributed by atoms with Gasteiger partial charge < -0.3 is 5.32 Å². The highest BCUT2D eigenvalue weighted by Crippen LogP contribution is 2.14. The third-order valence-corrected chi connectivity index (χ3v) is 3.29. The molecule has 0 saturated heterocycles. The summed E-state index contributed by atoms with van der Waals surface area (Å²) in [6.45, 7) is 0.290. The topological polar surface area (TPSA) is 58.2 Å². The molecule has 2 aromatic rings. The average Bonchev–Trinajstić information content (AvgIpc) is 2.47. The third kappa shape index (κ3) is 4.48. The van der Waals surface area contributed by atoms with Crippen molar-refractivity contribution >= 4 is 35.1 Å². The van der Waals surface area contributed by atoms with Crippen molar-refractivity contribution in [1.82, 2.24) is 10.6 Å². The summed E-state index contributed by atoms with van der Waals surface area (Å²) >= 11 is 11.7. The molecule has 0 aliphatic carbocycles. The van der Waals surface area contributed by atoms with Crippen LogP contribution >= 0.6 is 23.2 Å². The molecule has 0 aromatic heterocycles. The zero-order chi connectivity index (χ0) is 15.2. The Kier molecular flexibility index (Phi) is 5.20. The Labute approximate surface area is 132 Å². The summed E-state index contributed by atoms with van der Waals surface area (Å²) < 4.78 is 0. The van der Waals surface area contributed by atoms with Gasteiger partial charge in [-0.3, -0.25) is 10.1 Å². The molecule has 2 aromatic carbocycles. The second-order valence-corrected chi connectivity index (χ2v) is 5.09. The van der Waals surface area contributed by atoms with E-state index in [0.717, 1.165) is 5.56 Å². The van der Waals surface area contributed by atoms with Crippen LogP contribution < -0.4 is 10.6 Å². The summed E-state index contributed by atoms with van der Waals surface area (Å²) in [5.41, 5.74) is 1.13. The molecule has 3 amide bonds. The minimum absolute atomic E-state index is 0.251. The van der Waals surface area contributed by atoms with Crippen LogP contribution in [0, 0.1) is 0 Å². The zero-order valence-electron chi connectivity index (χ0n) is 10.9. The van der Waals surface area contributed by atoms with Crippen LogP contribution in [-0.2, 0) is 6.54 Å². The van der Waals surface area contributed by atoms with Crippen LogP contribution in [0.1, 0.15) is 15.9 Å². The van der Waals surface area contributed by atoms with Gasteiger partial charge in [-0.1, -0.05) is 47.5 Å². The lowest BCUT2D eigenvalue weighted by Crippen LogP contribution is -2.39. The first kappa shape index (κ1) is 15.4. The maximum Gasteiger partial charge on any atom is 0.321 e. The van der Waals surface area contributed by atoms with E-state index >= 15 is 0 Å². The van der Waals surface area contributed by atoms with Crippen molar-refractivity contribution in [3.8, 4) is 0 Å². The molecule has 0 aliphatic heterocycles. The standard InChI is InChI=1S/C15H12Cl2N2O2/c16-11-7-5-10(6-8-11)9-18-15(21)19-14(20)12-3-1-2-4-13(12)17/h1-8H,9H2,(H2,18,19,20,21). The van der Waals surface area contributed by atoms with Crippen molar-refractivity contribution in [2.45, 2.75) is 6.54 Å². The summed E-state index contributed by atoms with van der Waals surface area (Å²) in [6.07, 6.45) is 0. The number of halogens is 2. The zero-order valence-corrected chi connectivity index (χ0v) is 12.4. The third-order valence-electron chi connectivity index (χ3n) is 2.71. The van der Waals surface area contributed by atoms with Crippen LogP contribution in [0.15, 0.2) is 48.5 Å². The van der Waals surface area contributed by atoms with Crippen LogP contribution in [0.2, 0.25) is 10.0 Å². The smallest absolute Gasteiger partial charge is 0.321 e. The van der Waals surface area contributed by atoms with Gasteiger partial charge in [-0.2, -0.15) is 0 Å². The lowest BCUT2D eigenvalue weighted by molar-refractivity contribution is 0.0964. The maximum absolute atomic E-state index is 11.9. The summed E-state index contributed by atoms with van der Waals surface area (Å²) in [4.78, 5) is 23.5. The highest BCUT2D eigenvalue weighted by atomic mass is 35.5. The average molecular weight is 323 g/mol. The molecule has 0 fully saturated rings. The first-order chi connectivity index (χ1) is 10.1. The van der Waals surface area contributed by atoms with E-state index in [2.05, 4.69) is 10.6 Å². The Hall–Kier alpha value is -2.04. The number of hydrogen-bond donors (Lipinski definition) is 2. The van der Waals surface area contributed by atoms with Crippen molar-refractivity contribution in [3.63, 3.8) is 0 Å². The van der Waals surface area contributed by atoms with E-state index in [1.807, 2.05) is 0 Å². The fourth-order valence-electron chi connectivity index (χ4n) is 1.64. The molecule has 0 bridgehead atoms. The van der Waals surface area contributed by atoms with Gasteiger partial charge >= 0.3 is 6.03 Å². The maximum atomic E-state index is 11.9. The first-order valence-corrected chi connectivity index (χ1v) is 6.90. The molecular formula is C15H12Cl2N2O2. The van der Waals surface area contributed by atoms with Crippen molar-refractivity contribution in [2.75, 3.05) is 0 Å². The van der Waals surface area contributed by atoms with Crippen LogP contribution in [0.3, 0.4) is 0 Å². The normalized spacial score (nSPS) is 10.0. The fraction of sp³-hybridized carbons (Fsp3) is 0.0667. The van der Waals surface area contributed by atoms with Gasteiger partial charge in [0.2, 0.25) is 0 Å². The molecular weight excluding hydrogens is 311 g/mol. The van der Waals surface area contributed by atoms with Crippen molar-refractivity contribution in [2.24, 2.45) is 0 Å². The van der Waals surface area contributed by atoms with Crippen molar-refractivity contribution in [3.05, 3.63) is 69.7 Å². The van der Waals surface area contributed by atoms with Gasteiger partial charge in [0.1, 0.15) is 0 Å². The molecule has 108 valence electrons. The monoisotopic (exact) mass is 322 g/mol. The van der Waals surface area contributed by atoms with Gasteiger partial charge in [0.05, 0.1) is 10.6 Å². The summed E-state index contributed by atoms with van der Waals surface area (Å²) in [5, 5.41) is 5.72. The second kappa shape index (κ2) is 7.11. The van der Waals surface area contributed by atoms with Gasteiger partial charge in [-0.15, -0.1) is 0 Å². The van der Waals surface area contributed by atoms with Crippen LogP contribution in [0.25, 0.3) is 0 Å². The van der Waals surface area contributed by atoms with E-state index in [4.69, 9.17) is 23.2 Å². The molecule has 0 aliphatic rings. The van der Waals surface area contributed by atoms with Crippen molar-refractivity contribution < 1.29 is 9.59 Å². The molecule has 0 spiro atoms. The van der Waals surface area contributed by atoms with E-state index < -0.39 is 11.9 Å². The summed E-state index contributed by atoms with van der Waals surface area (Å²) in [7, 11) is 0. The minimum Gasteiger partial charge on any atom is -0.334 e. The molecule has 4 nitrogen and oxygen atoms in total. The SMILES string of the molecule is O=C(NCc1ccc(Cl)cc1)NC(=O)c1ccccc1Cl. The Morgan fingerprint density at radius 2 is 1.62 bits per heavy atom.